The number of fused-ring (bicyclic) bond motifs is 1. The zero-order valence-electron chi connectivity index (χ0n) is 10.9. The summed E-state index contributed by atoms with van der Waals surface area (Å²) in [6.07, 6.45) is 3.84. The predicted molar refractivity (Wildman–Crippen MR) is 69.6 cm³/mol. The molecule has 2 N–H and O–H groups in total. The van der Waals surface area contributed by atoms with Crippen LogP contribution in [-0.4, -0.2) is 28.7 Å². The molecule has 3 rings (SSSR count). The highest BCUT2D eigenvalue weighted by atomic mass is 16.2. The van der Waals surface area contributed by atoms with Crippen LogP contribution in [0.4, 0.5) is 0 Å². The van der Waals surface area contributed by atoms with Gasteiger partial charge >= 0.3 is 0 Å². The van der Waals surface area contributed by atoms with Crippen molar-refractivity contribution in [3.05, 3.63) is 29.6 Å². The van der Waals surface area contributed by atoms with Crippen LogP contribution >= 0.6 is 0 Å². The second-order valence-electron chi connectivity index (χ2n) is 5.15. The first-order valence-corrected chi connectivity index (χ1v) is 6.73. The van der Waals surface area contributed by atoms with Crippen LogP contribution in [0.2, 0.25) is 0 Å². The number of nitrogens with zero attached hydrogens (tertiary/aromatic N) is 1. The van der Waals surface area contributed by atoms with Gasteiger partial charge in [0.15, 0.2) is 0 Å². The molecular formula is C14H15N3O3. The maximum Gasteiger partial charge on any atom is 0.249 e. The minimum atomic E-state index is -0.618. The lowest BCUT2D eigenvalue weighted by molar-refractivity contribution is -0.137. The van der Waals surface area contributed by atoms with Gasteiger partial charge in [0.1, 0.15) is 6.04 Å². The number of carbonyl (C=O) groups excluding carboxylic acids is 3. The number of carbonyl (C=O) groups is 3. The molecule has 6 nitrogen and oxygen atoms in total. The molecule has 0 aromatic carbocycles. The van der Waals surface area contributed by atoms with Gasteiger partial charge in [-0.15, -0.1) is 0 Å². The van der Waals surface area contributed by atoms with E-state index >= 15 is 0 Å². The summed E-state index contributed by atoms with van der Waals surface area (Å²) >= 11 is 0. The van der Waals surface area contributed by atoms with Crippen LogP contribution in [0.15, 0.2) is 18.3 Å². The quantitative estimate of drug-likeness (QED) is 0.744. The van der Waals surface area contributed by atoms with E-state index in [-0.39, 0.29) is 24.2 Å². The molecule has 1 aliphatic heterocycles. The summed E-state index contributed by atoms with van der Waals surface area (Å²) in [4.78, 5) is 39.3. The molecule has 1 aliphatic carbocycles. The van der Waals surface area contributed by atoms with Gasteiger partial charge in [-0.3, -0.25) is 24.7 Å². The van der Waals surface area contributed by atoms with E-state index in [0.717, 1.165) is 17.7 Å². The molecule has 2 aliphatic rings. The number of hydrogen-bond donors (Lipinski definition) is 2. The molecule has 2 atom stereocenters. The van der Waals surface area contributed by atoms with E-state index in [1.54, 1.807) is 6.20 Å². The van der Waals surface area contributed by atoms with Crippen molar-refractivity contribution in [3.63, 3.8) is 0 Å². The maximum absolute atomic E-state index is 12.3. The lowest BCUT2D eigenvalue weighted by Gasteiger charge is -2.23. The third-order valence-electron chi connectivity index (χ3n) is 3.83. The van der Waals surface area contributed by atoms with Gasteiger partial charge < -0.3 is 5.32 Å². The fraction of sp³-hybridized carbons (Fsp3) is 0.429. The van der Waals surface area contributed by atoms with Crippen molar-refractivity contribution >= 4 is 17.7 Å². The normalized spacial score (nSPS) is 25.0. The van der Waals surface area contributed by atoms with Crippen LogP contribution in [0.25, 0.3) is 0 Å². The average molecular weight is 273 g/mol. The minimum absolute atomic E-state index is 0.183. The highest BCUT2D eigenvalue weighted by Gasteiger charge is 2.34. The number of pyridine rings is 1. The zero-order valence-corrected chi connectivity index (χ0v) is 10.9. The number of rotatable bonds is 2. The molecule has 6 heteroatoms. The smallest absolute Gasteiger partial charge is 0.249 e. The molecule has 0 saturated carbocycles. The van der Waals surface area contributed by atoms with Crippen LogP contribution in [0.1, 0.15) is 36.4 Å². The largest absolute Gasteiger partial charge is 0.344 e. The molecule has 0 spiro atoms. The first-order chi connectivity index (χ1) is 9.65. The average Bonchev–Trinajstić information content (AvgIpc) is 2.86. The van der Waals surface area contributed by atoms with E-state index in [2.05, 4.69) is 15.6 Å². The van der Waals surface area contributed by atoms with E-state index in [4.69, 9.17) is 0 Å². The first-order valence-electron chi connectivity index (χ1n) is 6.73. The Bertz CT molecular complexity index is 585. The predicted octanol–water partition coefficient (Wildman–Crippen LogP) is 0.0328. The molecule has 1 unspecified atom stereocenters. The monoisotopic (exact) mass is 273 g/mol. The number of amides is 3. The summed E-state index contributed by atoms with van der Waals surface area (Å²) in [5.74, 6) is -1.18. The SMILES string of the molecule is O=C1CC[C@@H](NC(=O)C2CCc3cccnc32)C(=O)N1. The molecule has 3 amide bonds. The van der Waals surface area contributed by atoms with Crippen molar-refractivity contribution in [2.75, 3.05) is 0 Å². The van der Waals surface area contributed by atoms with Gasteiger partial charge in [-0.25, -0.2) is 0 Å². The van der Waals surface area contributed by atoms with E-state index in [9.17, 15) is 14.4 Å². The Morgan fingerprint density at radius 3 is 2.95 bits per heavy atom. The fourth-order valence-corrected chi connectivity index (χ4v) is 2.77. The Morgan fingerprint density at radius 2 is 2.15 bits per heavy atom. The van der Waals surface area contributed by atoms with Gasteiger partial charge in [-0.2, -0.15) is 0 Å². The van der Waals surface area contributed by atoms with E-state index in [0.29, 0.717) is 12.8 Å². The number of imide groups is 1. The molecule has 1 fully saturated rings. The van der Waals surface area contributed by atoms with Gasteiger partial charge in [0, 0.05) is 12.6 Å². The zero-order chi connectivity index (χ0) is 14.1. The third-order valence-corrected chi connectivity index (χ3v) is 3.83. The maximum atomic E-state index is 12.3. The van der Waals surface area contributed by atoms with Crippen molar-refractivity contribution in [2.45, 2.75) is 37.6 Å². The Balaban J connectivity index is 1.69. The standard InChI is InChI=1S/C14H15N3O3/c18-11-6-5-10(14(20)17-11)16-13(19)9-4-3-8-2-1-7-15-12(8)9/h1-2,7,9-10H,3-6H2,(H,16,19)(H,17,18,20)/t9?,10-/m1/s1. The molecule has 1 saturated heterocycles. The van der Waals surface area contributed by atoms with E-state index in [1.165, 1.54) is 0 Å². The molecular weight excluding hydrogens is 258 g/mol. The number of aromatic nitrogens is 1. The molecule has 104 valence electrons. The van der Waals surface area contributed by atoms with Gasteiger partial charge in [0.05, 0.1) is 11.6 Å². The molecule has 0 radical (unpaired) electrons. The Labute approximate surface area is 116 Å². The Morgan fingerprint density at radius 1 is 1.30 bits per heavy atom. The van der Waals surface area contributed by atoms with Crippen LogP contribution in [-0.2, 0) is 20.8 Å². The fourth-order valence-electron chi connectivity index (χ4n) is 2.77. The minimum Gasteiger partial charge on any atom is -0.344 e. The van der Waals surface area contributed by atoms with Gasteiger partial charge in [0.2, 0.25) is 17.7 Å². The van der Waals surface area contributed by atoms with Crippen molar-refractivity contribution in [1.29, 1.82) is 0 Å². The first kappa shape index (κ1) is 12.8. The molecule has 1 aromatic rings. The summed E-state index contributed by atoms with van der Waals surface area (Å²) in [7, 11) is 0. The molecule has 1 aromatic heterocycles. The van der Waals surface area contributed by atoms with Gasteiger partial charge in [0.25, 0.3) is 0 Å². The topological polar surface area (TPSA) is 88.2 Å². The Kier molecular flexibility index (Phi) is 3.22. The second kappa shape index (κ2) is 5.03. The molecule has 2 heterocycles. The van der Waals surface area contributed by atoms with Crippen molar-refractivity contribution in [2.24, 2.45) is 0 Å². The van der Waals surface area contributed by atoms with Crippen LogP contribution in [0.3, 0.4) is 0 Å². The number of piperidine rings is 1. The highest BCUT2D eigenvalue weighted by Crippen LogP contribution is 2.31. The number of hydrogen-bond acceptors (Lipinski definition) is 4. The van der Waals surface area contributed by atoms with Crippen molar-refractivity contribution in [1.82, 2.24) is 15.6 Å². The van der Waals surface area contributed by atoms with Gasteiger partial charge in [-0.05, 0) is 30.9 Å². The lowest BCUT2D eigenvalue weighted by Crippen LogP contribution is -2.53. The second-order valence-corrected chi connectivity index (χ2v) is 5.15. The Hall–Kier alpha value is -2.24. The summed E-state index contributed by atoms with van der Waals surface area (Å²) in [6, 6.07) is 3.22. The van der Waals surface area contributed by atoms with E-state index in [1.807, 2.05) is 12.1 Å². The third kappa shape index (κ3) is 2.29. The lowest BCUT2D eigenvalue weighted by atomic mass is 10.0. The molecule has 0 bridgehead atoms. The number of aryl methyl sites for hydroxylation is 1. The summed E-state index contributed by atoms with van der Waals surface area (Å²) < 4.78 is 0. The highest BCUT2D eigenvalue weighted by molar-refractivity contribution is 6.02. The van der Waals surface area contributed by atoms with E-state index < -0.39 is 11.9 Å². The van der Waals surface area contributed by atoms with Crippen molar-refractivity contribution < 1.29 is 14.4 Å². The summed E-state index contributed by atoms with van der Waals surface area (Å²) in [5, 5.41) is 4.97. The number of nitrogens with one attached hydrogen (secondary N) is 2. The molecule has 20 heavy (non-hydrogen) atoms. The van der Waals surface area contributed by atoms with Crippen LogP contribution in [0, 0.1) is 0 Å². The summed E-state index contributed by atoms with van der Waals surface area (Å²) in [5.41, 5.74) is 1.90. The van der Waals surface area contributed by atoms with Crippen LogP contribution in [0.5, 0.6) is 0 Å². The van der Waals surface area contributed by atoms with Gasteiger partial charge in [-0.1, -0.05) is 6.07 Å². The van der Waals surface area contributed by atoms with Crippen LogP contribution < -0.4 is 10.6 Å². The summed E-state index contributed by atoms with van der Waals surface area (Å²) in [6.45, 7) is 0. The van der Waals surface area contributed by atoms with Crippen molar-refractivity contribution in [3.8, 4) is 0 Å².